The quantitative estimate of drug-likeness (QED) is 0.919. The van der Waals surface area contributed by atoms with Crippen LogP contribution in [0.5, 0.6) is 0 Å². The number of rotatable bonds is 2. The van der Waals surface area contributed by atoms with Gasteiger partial charge in [0.15, 0.2) is 5.76 Å². The lowest BCUT2D eigenvalue weighted by molar-refractivity contribution is 0.0640. The van der Waals surface area contributed by atoms with Gasteiger partial charge in [0.05, 0.1) is 6.26 Å². The summed E-state index contributed by atoms with van der Waals surface area (Å²) in [6, 6.07) is 10.1. The highest BCUT2D eigenvalue weighted by Crippen LogP contribution is 2.16. The number of carbonyl (C=O) groups excluding carboxylic acids is 2. The standard InChI is InChI=1S/C16H16ClN3O3/c17-12-3-1-4-13(11-12)18-16(22)20-8-6-19(7-9-20)15(21)14-5-2-10-23-14/h1-5,10-11H,6-9H2,(H,18,22). The maximum atomic E-state index is 12.2. The van der Waals surface area contributed by atoms with Crippen molar-refractivity contribution in [1.29, 1.82) is 0 Å². The van der Waals surface area contributed by atoms with Gasteiger partial charge in [-0.25, -0.2) is 4.79 Å². The Bertz CT molecular complexity index is 694. The highest BCUT2D eigenvalue weighted by molar-refractivity contribution is 6.30. The van der Waals surface area contributed by atoms with Crippen molar-refractivity contribution in [2.75, 3.05) is 31.5 Å². The Morgan fingerprint density at radius 1 is 1.04 bits per heavy atom. The molecule has 2 aromatic rings. The molecule has 0 atom stereocenters. The molecule has 23 heavy (non-hydrogen) atoms. The lowest BCUT2D eigenvalue weighted by Gasteiger charge is -2.34. The van der Waals surface area contributed by atoms with Crippen LogP contribution in [0.1, 0.15) is 10.6 Å². The molecule has 7 heteroatoms. The highest BCUT2D eigenvalue weighted by Gasteiger charge is 2.26. The normalized spacial score (nSPS) is 14.7. The number of furan rings is 1. The maximum absolute atomic E-state index is 12.2. The molecule has 1 aromatic heterocycles. The number of nitrogens with zero attached hydrogens (tertiary/aromatic N) is 2. The Labute approximate surface area is 138 Å². The van der Waals surface area contributed by atoms with Gasteiger partial charge in [0.1, 0.15) is 0 Å². The van der Waals surface area contributed by atoms with Crippen molar-refractivity contribution in [2.45, 2.75) is 0 Å². The second-order valence-corrected chi connectivity index (χ2v) is 5.63. The van der Waals surface area contributed by atoms with E-state index >= 15 is 0 Å². The van der Waals surface area contributed by atoms with Crippen LogP contribution in [-0.4, -0.2) is 47.9 Å². The lowest BCUT2D eigenvalue weighted by atomic mass is 10.3. The van der Waals surface area contributed by atoms with Crippen LogP contribution in [0.2, 0.25) is 5.02 Å². The molecular formula is C16H16ClN3O3. The molecule has 120 valence electrons. The summed E-state index contributed by atoms with van der Waals surface area (Å²) in [4.78, 5) is 27.8. The molecule has 6 nitrogen and oxygen atoms in total. The lowest BCUT2D eigenvalue weighted by Crippen LogP contribution is -2.51. The summed E-state index contributed by atoms with van der Waals surface area (Å²) in [5.74, 6) is 0.173. The van der Waals surface area contributed by atoms with Crippen LogP contribution >= 0.6 is 11.6 Å². The van der Waals surface area contributed by atoms with Crippen molar-refractivity contribution in [1.82, 2.24) is 9.80 Å². The molecule has 0 bridgehead atoms. The topological polar surface area (TPSA) is 65.8 Å². The van der Waals surface area contributed by atoms with E-state index < -0.39 is 0 Å². The molecule has 1 N–H and O–H groups in total. The Morgan fingerprint density at radius 2 is 1.78 bits per heavy atom. The number of piperazine rings is 1. The Kier molecular flexibility index (Phi) is 4.52. The van der Waals surface area contributed by atoms with Gasteiger partial charge in [0, 0.05) is 36.9 Å². The number of hydrogen-bond acceptors (Lipinski definition) is 3. The first-order valence-corrected chi connectivity index (χ1v) is 7.65. The smallest absolute Gasteiger partial charge is 0.321 e. The van der Waals surface area contributed by atoms with Gasteiger partial charge < -0.3 is 19.5 Å². The Hall–Kier alpha value is -2.47. The van der Waals surface area contributed by atoms with E-state index in [1.807, 2.05) is 0 Å². The fourth-order valence-electron chi connectivity index (χ4n) is 2.44. The predicted octanol–water partition coefficient (Wildman–Crippen LogP) is 2.92. The predicted molar refractivity (Wildman–Crippen MR) is 86.7 cm³/mol. The van der Waals surface area contributed by atoms with Crippen molar-refractivity contribution in [3.63, 3.8) is 0 Å². The van der Waals surface area contributed by atoms with E-state index in [1.54, 1.807) is 46.2 Å². The number of halogens is 1. The number of nitrogens with one attached hydrogen (secondary N) is 1. The summed E-state index contributed by atoms with van der Waals surface area (Å²) in [5, 5.41) is 3.37. The fourth-order valence-corrected chi connectivity index (χ4v) is 2.63. The second-order valence-electron chi connectivity index (χ2n) is 5.20. The number of urea groups is 1. The van der Waals surface area contributed by atoms with E-state index in [-0.39, 0.29) is 11.9 Å². The van der Waals surface area contributed by atoms with Crippen LogP contribution in [-0.2, 0) is 0 Å². The Balaban J connectivity index is 1.54. The molecule has 0 aliphatic carbocycles. The van der Waals surface area contributed by atoms with Crippen LogP contribution in [0.3, 0.4) is 0 Å². The van der Waals surface area contributed by atoms with E-state index in [2.05, 4.69) is 5.32 Å². The van der Waals surface area contributed by atoms with E-state index in [0.717, 1.165) is 0 Å². The summed E-state index contributed by atoms with van der Waals surface area (Å²) >= 11 is 5.90. The van der Waals surface area contributed by atoms with Gasteiger partial charge in [0.25, 0.3) is 5.91 Å². The summed E-state index contributed by atoms with van der Waals surface area (Å²) in [6.07, 6.45) is 1.47. The number of carbonyl (C=O) groups is 2. The largest absolute Gasteiger partial charge is 0.459 e. The minimum atomic E-state index is -0.197. The van der Waals surface area contributed by atoms with Crippen LogP contribution in [0.4, 0.5) is 10.5 Å². The fraction of sp³-hybridized carbons (Fsp3) is 0.250. The SMILES string of the molecule is O=C(Nc1cccc(Cl)c1)N1CCN(C(=O)c2ccco2)CC1. The number of amides is 3. The minimum absolute atomic E-state index is 0.148. The van der Waals surface area contributed by atoms with Gasteiger partial charge in [-0.3, -0.25) is 4.79 Å². The van der Waals surface area contributed by atoms with E-state index in [0.29, 0.717) is 42.6 Å². The third-order valence-corrected chi connectivity index (χ3v) is 3.90. The van der Waals surface area contributed by atoms with Gasteiger partial charge >= 0.3 is 6.03 Å². The molecule has 0 saturated carbocycles. The first-order chi connectivity index (χ1) is 11.1. The zero-order chi connectivity index (χ0) is 16.2. The van der Waals surface area contributed by atoms with Crippen molar-refractivity contribution in [2.24, 2.45) is 0 Å². The average Bonchev–Trinajstić information content (AvgIpc) is 3.09. The van der Waals surface area contributed by atoms with Gasteiger partial charge in [0.2, 0.25) is 0 Å². The molecule has 1 aliphatic rings. The summed E-state index contributed by atoms with van der Waals surface area (Å²) in [7, 11) is 0. The molecule has 2 heterocycles. The summed E-state index contributed by atoms with van der Waals surface area (Å²) in [5.41, 5.74) is 0.650. The zero-order valence-corrected chi connectivity index (χ0v) is 13.1. The van der Waals surface area contributed by atoms with E-state index in [1.165, 1.54) is 6.26 Å². The van der Waals surface area contributed by atoms with Gasteiger partial charge in [-0.1, -0.05) is 17.7 Å². The van der Waals surface area contributed by atoms with Gasteiger partial charge in [-0.05, 0) is 30.3 Å². The highest BCUT2D eigenvalue weighted by atomic mass is 35.5. The number of benzene rings is 1. The Morgan fingerprint density at radius 3 is 2.43 bits per heavy atom. The molecule has 1 aromatic carbocycles. The second kappa shape index (κ2) is 6.75. The molecule has 0 radical (unpaired) electrons. The number of anilines is 1. The van der Waals surface area contributed by atoms with Crippen LogP contribution in [0, 0.1) is 0 Å². The van der Waals surface area contributed by atoms with E-state index in [9.17, 15) is 9.59 Å². The molecule has 3 rings (SSSR count). The van der Waals surface area contributed by atoms with Crippen LogP contribution in [0.15, 0.2) is 47.1 Å². The third-order valence-electron chi connectivity index (χ3n) is 3.66. The molecule has 3 amide bonds. The molecule has 1 aliphatic heterocycles. The molecule has 1 saturated heterocycles. The maximum Gasteiger partial charge on any atom is 0.321 e. The average molecular weight is 334 g/mol. The first-order valence-electron chi connectivity index (χ1n) is 7.28. The van der Waals surface area contributed by atoms with Crippen molar-refractivity contribution in [3.05, 3.63) is 53.4 Å². The molecular weight excluding hydrogens is 318 g/mol. The van der Waals surface area contributed by atoms with Gasteiger partial charge in [-0.15, -0.1) is 0 Å². The monoisotopic (exact) mass is 333 g/mol. The van der Waals surface area contributed by atoms with Gasteiger partial charge in [-0.2, -0.15) is 0 Å². The number of hydrogen-bond donors (Lipinski definition) is 1. The van der Waals surface area contributed by atoms with Crippen LogP contribution in [0.25, 0.3) is 0 Å². The molecule has 0 spiro atoms. The van der Waals surface area contributed by atoms with Crippen molar-refractivity contribution in [3.8, 4) is 0 Å². The van der Waals surface area contributed by atoms with Crippen LogP contribution < -0.4 is 5.32 Å². The summed E-state index contributed by atoms with van der Waals surface area (Å²) < 4.78 is 5.12. The zero-order valence-electron chi connectivity index (χ0n) is 12.4. The summed E-state index contributed by atoms with van der Waals surface area (Å²) in [6.45, 7) is 1.89. The molecule has 1 fully saturated rings. The third kappa shape index (κ3) is 3.65. The van der Waals surface area contributed by atoms with E-state index in [4.69, 9.17) is 16.0 Å². The molecule has 0 unspecified atom stereocenters. The minimum Gasteiger partial charge on any atom is -0.459 e. The van der Waals surface area contributed by atoms with Crippen molar-refractivity contribution >= 4 is 29.2 Å². The first kappa shape index (κ1) is 15.4. The van der Waals surface area contributed by atoms with Crippen molar-refractivity contribution < 1.29 is 14.0 Å².